The maximum Gasteiger partial charge on any atom is 0.0929 e. The van der Waals surface area contributed by atoms with Gasteiger partial charge in [-0.1, -0.05) is 62.4 Å². The van der Waals surface area contributed by atoms with Gasteiger partial charge in [-0.05, 0) is 50.7 Å². The molecule has 0 aliphatic heterocycles. The second kappa shape index (κ2) is 8.41. The van der Waals surface area contributed by atoms with Crippen molar-refractivity contribution in [3.8, 4) is 11.3 Å². The van der Waals surface area contributed by atoms with E-state index in [0.29, 0.717) is 5.92 Å². The zero-order chi connectivity index (χ0) is 16.8. The van der Waals surface area contributed by atoms with E-state index < -0.39 is 0 Å². The summed E-state index contributed by atoms with van der Waals surface area (Å²) in [5.41, 5.74) is 4.60. The SMILES string of the molecule is CCCCCC1CCC(c2ccc(-c3ccc(C)cc3)nn2)CC1. The first-order valence-electron chi connectivity index (χ1n) is 9.67. The molecule has 3 rings (SSSR count). The average molecular weight is 322 g/mol. The summed E-state index contributed by atoms with van der Waals surface area (Å²) in [7, 11) is 0. The van der Waals surface area contributed by atoms with Crippen molar-refractivity contribution in [3.05, 3.63) is 47.7 Å². The molecule has 128 valence electrons. The van der Waals surface area contributed by atoms with Gasteiger partial charge in [0.2, 0.25) is 0 Å². The summed E-state index contributed by atoms with van der Waals surface area (Å²) in [6, 6.07) is 12.8. The summed E-state index contributed by atoms with van der Waals surface area (Å²) in [6.45, 7) is 4.40. The minimum Gasteiger partial charge on any atom is -0.155 e. The second-order valence-electron chi connectivity index (χ2n) is 7.42. The summed E-state index contributed by atoms with van der Waals surface area (Å²) in [4.78, 5) is 0. The monoisotopic (exact) mass is 322 g/mol. The van der Waals surface area contributed by atoms with Crippen LogP contribution < -0.4 is 0 Å². The van der Waals surface area contributed by atoms with E-state index in [-0.39, 0.29) is 0 Å². The largest absolute Gasteiger partial charge is 0.155 e. The summed E-state index contributed by atoms with van der Waals surface area (Å²) >= 11 is 0. The maximum atomic E-state index is 4.55. The molecule has 0 atom stereocenters. The summed E-state index contributed by atoms with van der Waals surface area (Å²) in [5, 5.41) is 9.04. The van der Waals surface area contributed by atoms with E-state index in [4.69, 9.17) is 0 Å². The Hall–Kier alpha value is -1.70. The lowest BCUT2D eigenvalue weighted by Gasteiger charge is -2.28. The van der Waals surface area contributed by atoms with Gasteiger partial charge in [0.25, 0.3) is 0 Å². The fourth-order valence-corrected chi connectivity index (χ4v) is 3.87. The highest BCUT2D eigenvalue weighted by Crippen LogP contribution is 2.37. The van der Waals surface area contributed by atoms with Gasteiger partial charge in [0.1, 0.15) is 0 Å². The molecule has 1 fully saturated rings. The molecule has 0 radical (unpaired) electrons. The quantitative estimate of drug-likeness (QED) is 0.583. The topological polar surface area (TPSA) is 25.8 Å². The van der Waals surface area contributed by atoms with Gasteiger partial charge in [-0.3, -0.25) is 0 Å². The molecule has 2 nitrogen and oxygen atoms in total. The Morgan fingerprint density at radius 3 is 2.25 bits per heavy atom. The van der Waals surface area contributed by atoms with E-state index in [1.165, 1.54) is 62.6 Å². The van der Waals surface area contributed by atoms with E-state index >= 15 is 0 Å². The average Bonchev–Trinajstić information content (AvgIpc) is 2.63. The first-order valence-corrected chi connectivity index (χ1v) is 9.67. The van der Waals surface area contributed by atoms with Gasteiger partial charge >= 0.3 is 0 Å². The van der Waals surface area contributed by atoms with Gasteiger partial charge in [0.15, 0.2) is 0 Å². The van der Waals surface area contributed by atoms with Crippen molar-refractivity contribution in [2.45, 2.75) is 71.1 Å². The number of hydrogen-bond acceptors (Lipinski definition) is 2. The summed E-state index contributed by atoms with van der Waals surface area (Å²) in [6.07, 6.45) is 10.9. The molecule has 0 unspecified atom stereocenters. The predicted molar refractivity (Wildman–Crippen MR) is 101 cm³/mol. The predicted octanol–water partition coefficient (Wildman–Crippen LogP) is 6.31. The van der Waals surface area contributed by atoms with Crippen LogP contribution in [0.2, 0.25) is 0 Å². The molecule has 0 N–H and O–H groups in total. The number of unbranched alkanes of at least 4 members (excludes halogenated alkanes) is 2. The van der Waals surface area contributed by atoms with Crippen molar-refractivity contribution >= 4 is 0 Å². The first kappa shape index (κ1) is 17.1. The van der Waals surface area contributed by atoms with Crippen LogP contribution in [-0.2, 0) is 0 Å². The maximum absolute atomic E-state index is 4.55. The molecular weight excluding hydrogens is 292 g/mol. The standard InChI is InChI=1S/C22H30N2/c1-3-4-5-6-18-9-13-20(14-10-18)22-16-15-21(23-24-22)19-11-7-17(2)8-12-19/h7-8,11-12,15-16,18,20H,3-6,9-10,13-14H2,1-2H3. The molecule has 0 saturated heterocycles. The zero-order valence-corrected chi connectivity index (χ0v) is 15.2. The lowest BCUT2D eigenvalue weighted by molar-refractivity contribution is 0.299. The van der Waals surface area contributed by atoms with Crippen LogP contribution in [0.1, 0.15) is 75.5 Å². The molecule has 1 aromatic heterocycles. The molecular formula is C22H30N2. The van der Waals surface area contributed by atoms with Crippen LogP contribution in [0.15, 0.2) is 36.4 Å². The Labute approximate surface area is 146 Å². The third-order valence-corrected chi connectivity index (χ3v) is 5.51. The van der Waals surface area contributed by atoms with Gasteiger partial charge in [-0.15, -0.1) is 0 Å². The number of aryl methyl sites for hydroxylation is 1. The highest BCUT2D eigenvalue weighted by atomic mass is 15.1. The molecule has 1 saturated carbocycles. The van der Waals surface area contributed by atoms with Crippen molar-refractivity contribution < 1.29 is 0 Å². The van der Waals surface area contributed by atoms with Crippen LogP contribution in [0.5, 0.6) is 0 Å². The third-order valence-electron chi connectivity index (χ3n) is 5.51. The van der Waals surface area contributed by atoms with Crippen molar-refractivity contribution in [2.24, 2.45) is 5.92 Å². The molecule has 2 heteroatoms. The molecule has 0 spiro atoms. The number of aromatic nitrogens is 2. The van der Waals surface area contributed by atoms with Crippen LogP contribution in [0, 0.1) is 12.8 Å². The number of nitrogens with zero attached hydrogens (tertiary/aromatic N) is 2. The Kier molecular flexibility index (Phi) is 6.01. The van der Waals surface area contributed by atoms with E-state index in [0.717, 1.165) is 17.2 Å². The normalized spacial score (nSPS) is 20.9. The van der Waals surface area contributed by atoms with Crippen LogP contribution in [-0.4, -0.2) is 10.2 Å². The smallest absolute Gasteiger partial charge is 0.0929 e. The Morgan fingerprint density at radius 1 is 0.875 bits per heavy atom. The van der Waals surface area contributed by atoms with Crippen molar-refractivity contribution in [3.63, 3.8) is 0 Å². The van der Waals surface area contributed by atoms with Gasteiger partial charge in [-0.25, -0.2) is 0 Å². The summed E-state index contributed by atoms with van der Waals surface area (Å²) in [5.74, 6) is 1.57. The molecule has 1 aliphatic carbocycles. The van der Waals surface area contributed by atoms with Gasteiger partial charge in [0.05, 0.1) is 11.4 Å². The highest BCUT2D eigenvalue weighted by Gasteiger charge is 2.23. The number of benzene rings is 1. The minimum absolute atomic E-state index is 0.618. The van der Waals surface area contributed by atoms with Crippen molar-refractivity contribution in [2.75, 3.05) is 0 Å². The summed E-state index contributed by atoms with van der Waals surface area (Å²) < 4.78 is 0. The van der Waals surface area contributed by atoms with Crippen molar-refractivity contribution in [1.29, 1.82) is 0 Å². The third kappa shape index (κ3) is 4.43. The number of hydrogen-bond donors (Lipinski definition) is 0. The van der Waals surface area contributed by atoms with E-state index in [1.807, 2.05) is 0 Å². The van der Waals surface area contributed by atoms with E-state index in [2.05, 4.69) is 60.4 Å². The Morgan fingerprint density at radius 2 is 1.62 bits per heavy atom. The van der Waals surface area contributed by atoms with Crippen LogP contribution in [0.3, 0.4) is 0 Å². The Bertz CT molecular complexity index is 607. The lowest BCUT2D eigenvalue weighted by Crippen LogP contribution is -2.14. The lowest BCUT2D eigenvalue weighted by atomic mass is 9.78. The fourth-order valence-electron chi connectivity index (χ4n) is 3.87. The molecule has 1 aliphatic rings. The van der Waals surface area contributed by atoms with Crippen LogP contribution >= 0.6 is 0 Å². The van der Waals surface area contributed by atoms with E-state index in [9.17, 15) is 0 Å². The molecule has 2 aromatic rings. The fraction of sp³-hybridized carbons (Fsp3) is 0.545. The van der Waals surface area contributed by atoms with E-state index in [1.54, 1.807) is 0 Å². The first-order chi connectivity index (χ1) is 11.8. The van der Waals surface area contributed by atoms with Crippen LogP contribution in [0.25, 0.3) is 11.3 Å². The molecule has 1 aromatic carbocycles. The highest BCUT2D eigenvalue weighted by molar-refractivity contribution is 5.58. The van der Waals surface area contributed by atoms with Crippen molar-refractivity contribution in [1.82, 2.24) is 10.2 Å². The zero-order valence-electron chi connectivity index (χ0n) is 15.2. The molecule has 1 heterocycles. The van der Waals surface area contributed by atoms with Gasteiger partial charge in [0, 0.05) is 11.5 Å². The second-order valence-corrected chi connectivity index (χ2v) is 7.42. The number of rotatable bonds is 6. The Balaban J connectivity index is 1.56. The van der Waals surface area contributed by atoms with Crippen LogP contribution in [0.4, 0.5) is 0 Å². The molecule has 0 amide bonds. The molecule has 24 heavy (non-hydrogen) atoms. The van der Waals surface area contributed by atoms with Gasteiger partial charge in [-0.2, -0.15) is 10.2 Å². The minimum atomic E-state index is 0.618. The van der Waals surface area contributed by atoms with Gasteiger partial charge < -0.3 is 0 Å². The molecule has 0 bridgehead atoms.